The van der Waals surface area contributed by atoms with Crippen molar-refractivity contribution < 1.29 is 38.1 Å². The Morgan fingerprint density at radius 2 is 1.88 bits per heavy atom. The minimum atomic E-state index is -1.77. The van der Waals surface area contributed by atoms with Crippen LogP contribution in [0.5, 0.6) is 0 Å². The minimum absolute atomic E-state index is 0.0182. The predicted octanol–water partition coefficient (Wildman–Crippen LogP) is 0.978. The highest BCUT2D eigenvalue weighted by Gasteiger charge is 2.65. The molecule has 144 valence electrons. The summed E-state index contributed by atoms with van der Waals surface area (Å²) in [6, 6.07) is 0. The maximum absolute atomic E-state index is 12.8. The summed E-state index contributed by atoms with van der Waals surface area (Å²) in [6.07, 6.45) is 2.00. The van der Waals surface area contributed by atoms with Crippen LogP contribution >= 0.6 is 0 Å². The molecule has 2 aliphatic heterocycles. The average Bonchev–Trinajstić information content (AvgIpc) is 2.62. The molecule has 3 rings (SSSR count). The highest BCUT2D eigenvalue weighted by Crippen LogP contribution is 2.49. The van der Waals surface area contributed by atoms with Crippen LogP contribution in [0.15, 0.2) is 12.2 Å². The predicted molar refractivity (Wildman–Crippen MR) is 86.6 cm³/mol. The SMILES string of the molecule is CCOC(=O)C1(C(=O)OCC)CC=C[C@H]2[C@@H]3O[C@H](C)OC[C@H]3OC(=O)[C@H]21. The zero-order chi connectivity index (χ0) is 18.9. The van der Waals surface area contributed by atoms with Crippen molar-refractivity contribution in [3.8, 4) is 0 Å². The van der Waals surface area contributed by atoms with Crippen LogP contribution in [-0.2, 0) is 38.1 Å². The van der Waals surface area contributed by atoms with Crippen LogP contribution in [-0.4, -0.2) is 56.2 Å². The van der Waals surface area contributed by atoms with E-state index in [-0.39, 0.29) is 26.2 Å². The van der Waals surface area contributed by atoms with E-state index in [4.69, 9.17) is 23.7 Å². The molecule has 0 saturated carbocycles. The molecule has 1 aliphatic carbocycles. The Labute approximate surface area is 151 Å². The van der Waals surface area contributed by atoms with Gasteiger partial charge in [-0.15, -0.1) is 0 Å². The van der Waals surface area contributed by atoms with Gasteiger partial charge in [-0.1, -0.05) is 12.2 Å². The molecule has 2 heterocycles. The van der Waals surface area contributed by atoms with E-state index in [0.717, 1.165) is 0 Å². The first-order valence-corrected chi connectivity index (χ1v) is 8.94. The van der Waals surface area contributed by atoms with Crippen molar-refractivity contribution in [2.75, 3.05) is 19.8 Å². The lowest BCUT2D eigenvalue weighted by atomic mass is 9.61. The van der Waals surface area contributed by atoms with Gasteiger partial charge in [0.2, 0.25) is 0 Å². The number of rotatable bonds is 4. The number of allylic oxidation sites excluding steroid dienone is 1. The first-order valence-electron chi connectivity index (χ1n) is 8.94. The normalized spacial score (nSPS) is 34.9. The monoisotopic (exact) mass is 368 g/mol. The summed E-state index contributed by atoms with van der Waals surface area (Å²) in [4.78, 5) is 38.5. The van der Waals surface area contributed by atoms with Crippen molar-refractivity contribution in [2.45, 2.75) is 45.7 Å². The standard InChI is InChI=1S/C18H24O8/c1-4-22-16(20)18(17(21)23-5-2)8-6-7-11-13(18)15(19)26-12-9-24-10(3)25-14(11)12/h6-7,10-14H,4-5,8-9H2,1-3H3/t10-,11-,12-,13+,14+/m1/s1. The van der Waals surface area contributed by atoms with Crippen molar-refractivity contribution in [3.63, 3.8) is 0 Å². The van der Waals surface area contributed by atoms with E-state index in [1.807, 2.05) is 6.08 Å². The molecule has 8 heteroatoms. The number of carbonyl (C=O) groups excluding carboxylic acids is 3. The van der Waals surface area contributed by atoms with Gasteiger partial charge in [0.1, 0.15) is 6.10 Å². The number of fused-ring (bicyclic) bond motifs is 3. The van der Waals surface area contributed by atoms with Crippen molar-refractivity contribution in [1.29, 1.82) is 0 Å². The maximum atomic E-state index is 12.8. The first-order chi connectivity index (χ1) is 12.5. The lowest BCUT2D eigenvalue weighted by Crippen LogP contribution is -2.63. The molecular formula is C18H24O8. The Kier molecular flexibility index (Phi) is 5.34. The van der Waals surface area contributed by atoms with E-state index in [0.29, 0.717) is 0 Å². The zero-order valence-electron chi connectivity index (χ0n) is 15.1. The minimum Gasteiger partial charge on any atom is -0.465 e. The summed E-state index contributed by atoms with van der Waals surface area (Å²) in [7, 11) is 0. The van der Waals surface area contributed by atoms with Gasteiger partial charge in [-0.3, -0.25) is 14.4 Å². The second-order valence-corrected chi connectivity index (χ2v) is 6.58. The van der Waals surface area contributed by atoms with E-state index < -0.39 is 53.7 Å². The quantitative estimate of drug-likeness (QED) is 0.313. The van der Waals surface area contributed by atoms with Crippen LogP contribution in [0.1, 0.15) is 27.2 Å². The molecule has 5 atom stereocenters. The molecule has 3 aliphatic rings. The largest absolute Gasteiger partial charge is 0.465 e. The summed E-state index contributed by atoms with van der Waals surface area (Å²) < 4.78 is 27.0. The van der Waals surface area contributed by atoms with Gasteiger partial charge < -0.3 is 23.7 Å². The average molecular weight is 368 g/mol. The Hall–Kier alpha value is -1.93. The fourth-order valence-electron chi connectivity index (χ4n) is 3.99. The number of hydrogen-bond acceptors (Lipinski definition) is 8. The second-order valence-electron chi connectivity index (χ2n) is 6.58. The van der Waals surface area contributed by atoms with Gasteiger partial charge in [-0.05, 0) is 27.2 Å². The van der Waals surface area contributed by atoms with Gasteiger partial charge in [0.15, 0.2) is 17.8 Å². The van der Waals surface area contributed by atoms with Crippen LogP contribution in [0.2, 0.25) is 0 Å². The van der Waals surface area contributed by atoms with Crippen LogP contribution in [0, 0.1) is 17.3 Å². The lowest BCUT2D eigenvalue weighted by molar-refractivity contribution is -0.281. The third-order valence-corrected chi connectivity index (χ3v) is 5.10. The topological polar surface area (TPSA) is 97.4 Å². The van der Waals surface area contributed by atoms with Crippen molar-refractivity contribution in [3.05, 3.63) is 12.2 Å². The van der Waals surface area contributed by atoms with Gasteiger partial charge in [0, 0.05) is 5.92 Å². The molecule has 0 N–H and O–H groups in total. The highest BCUT2D eigenvalue weighted by molar-refractivity contribution is 6.05. The van der Waals surface area contributed by atoms with E-state index in [1.165, 1.54) is 0 Å². The van der Waals surface area contributed by atoms with Crippen molar-refractivity contribution in [1.82, 2.24) is 0 Å². The third-order valence-electron chi connectivity index (χ3n) is 5.10. The summed E-state index contributed by atoms with van der Waals surface area (Å²) >= 11 is 0. The number of hydrogen-bond donors (Lipinski definition) is 0. The summed E-state index contributed by atoms with van der Waals surface area (Å²) in [5, 5.41) is 0. The molecule has 0 bridgehead atoms. The zero-order valence-corrected chi connectivity index (χ0v) is 15.1. The van der Waals surface area contributed by atoms with Crippen LogP contribution in [0.3, 0.4) is 0 Å². The van der Waals surface area contributed by atoms with Gasteiger partial charge >= 0.3 is 17.9 Å². The second kappa shape index (κ2) is 7.36. The molecule has 0 aromatic heterocycles. The first kappa shape index (κ1) is 18.8. The smallest absolute Gasteiger partial charge is 0.324 e. The molecule has 26 heavy (non-hydrogen) atoms. The number of ether oxygens (including phenoxy) is 5. The summed E-state index contributed by atoms with van der Waals surface area (Å²) in [5.41, 5.74) is -1.77. The highest BCUT2D eigenvalue weighted by atomic mass is 16.7. The number of esters is 3. The molecule has 0 aromatic rings. The van der Waals surface area contributed by atoms with Crippen LogP contribution in [0.4, 0.5) is 0 Å². The Morgan fingerprint density at radius 3 is 2.50 bits per heavy atom. The Balaban J connectivity index is 2.03. The van der Waals surface area contributed by atoms with E-state index in [2.05, 4.69) is 0 Å². The molecule has 2 fully saturated rings. The summed E-state index contributed by atoms with van der Waals surface area (Å²) in [6.45, 7) is 5.42. The molecule has 0 aromatic carbocycles. The fourth-order valence-corrected chi connectivity index (χ4v) is 3.99. The van der Waals surface area contributed by atoms with Crippen molar-refractivity contribution in [2.24, 2.45) is 17.3 Å². The molecule has 0 amide bonds. The maximum Gasteiger partial charge on any atom is 0.324 e. The lowest BCUT2D eigenvalue weighted by Gasteiger charge is -2.49. The molecule has 0 unspecified atom stereocenters. The van der Waals surface area contributed by atoms with E-state index in [9.17, 15) is 14.4 Å². The van der Waals surface area contributed by atoms with Crippen LogP contribution < -0.4 is 0 Å². The van der Waals surface area contributed by atoms with Crippen LogP contribution in [0.25, 0.3) is 0 Å². The van der Waals surface area contributed by atoms with Gasteiger partial charge in [0.25, 0.3) is 0 Å². The Morgan fingerprint density at radius 1 is 1.23 bits per heavy atom. The molecule has 2 saturated heterocycles. The molecule has 8 nitrogen and oxygen atoms in total. The van der Waals surface area contributed by atoms with Gasteiger partial charge in [-0.25, -0.2) is 0 Å². The molecule has 0 spiro atoms. The summed E-state index contributed by atoms with van der Waals surface area (Å²) in [5.74, 6) is -3.74. The molecule has 0 radical (unpaired) electrons. The van der Waals surface area contributed by atoms with Crippen molar-refractivity contribution >= 4 is 17.9 Å². The van der Waals surface area contributed by atoms with E-state index >= 15 is 0 Å². The Bertz CT molecular complexity index is 594. The van der Waals surface area contributed by atoms with Gasteiger partial charge in [-0.2, -0.15) is 0 Å². The van der Waals surface area contributed by atoms with Gasteiger partial charge in [0.05, 0.1) is 25.7 Å². The number of carbonyl (C=O) groups is 3. The third kappa shape index (κ3) is 2.91. The fraction of sp³-hybridized carbons (Fsp3) is 0.722. The van der Waals surface area contributed by atoms with E-state index in [1.54, 1.807) is 26.8 Å². The molecular weight excluding hydrogens is 344 g/mol.